The fraction of sp³-hybridized carbons (Fsp3) is 0.579. The molecule has 0 aromatic carbocycles. The van der Waals surface area contributed by atoms with Crippen LogP contribution in [0.15, 0.2) is 12.1 Å². The molecule has 1 amide bonds. The number of carbonyl (C=O) groups excluding carboxylic acids is 2. The number of hydrogen-bond acceptors (Lipinski definition) is 6. The highest BCUT2D eigenvalue weighted by molar-refractivity contribution is 6.28. The van der Waals surface area contributed by atoms with Gasteiger partial charge in [-0.2, -0.15) is 4.98 Å². The minimum Gasteiger partial charge on any atom is -0.466 e. The molecule has 2 heterocycles. The maximum Gasteiger partial charge on any atom is 0.311 e. The van der Waals surface area contributed by atoms with Gasteiger partial charge in [-0.05, 0) is 68.7 Å². The number of esters is 1. The summed E-state index contributed by atoms with van der Waals surface area (Å²) in [4.78, 5) is 28.5. The van der Waals surface area contributed by atoms with E-state index in [2.05, 4.69) is 20.7 Å². The van der Waals surface area contributed by atoms with E-state index in [9.17, 15) is 9.59 Å². The molecule has 3 aliphatic rings. The van der Waals surface area contributed by atoms with Gasteiger partial charge in [-0.3, -0.25) is 9.59 Å². The van der Waals surface area contributed by atoms with E-state index in [1.807, 2.05) is 13.0 Å². The Morgan fingerprint density at radius 2 is 2.11 bits per heavy atom. The minimum absolute atomic E-state index is 0.0615. The average Bonchev–Trinajstić information content (AvgIpc) is 3.04. The molecule has 3 aliphatic carbocycles. The first-order chi connectivity index (χ1) is 13.4. The molecule has 0 spiro atoms. The van der Waals surface area contributed by atoms with Crippen LogP contribution in [0.5, 0.6) is 0 Å². The van der Waals surface area contributed by atoms with Crippen LogP contribution in [0.2, 0.25) is 5.28 Å². The molecule has 0 saturated heterocycles. The van der Waals surface area contributed by atoms with Crippen LogP contribution in [0.3, 0.4) is 0 Å². The third-order valence-electron chi connectivity index (χ3n) is 5.96. The summed E-state index contributed by atoms with van der Waals surface area (Å²) < 4.78 is 6.92. The van der Waals surface area contributed by atoms with Gasteiger partial charge < -0.3 is 15.4 Å². The average molecular weight is 406 g/mol. The second kappa shape index (κ2) is 7.24. The summed E-state index contributed by atoms with van der Waals surface area (Å²) in [5, 5.41) is 10.6. The Balaban J connectivity index is 1.72. The fourth-order valence-electron chi connectivity index (χ4n) is 4.69. The number of aromatic nitrogens is 3. The van der Waals surface area contributed by atoms with Crippen molar-refractivity contribution in [3.8, 4) is 0 Å². The molecule has 9 heteroatoms. The quantitative estimate of drug-likeness (QED) is 0.741. The van der Waals surface area contributed by atoms with Gasteiger partial charge >= 0.3 is 5.97 Å². The molecule has 3 saturated carbocycles. The van der Waals surface area contributed by atoms with E-state index in [-0.39, 0.29) is 23.1 Å². The van der Waals surface area contributed by atoms with E-state index in [1.54, 1.807) is 10.6 Å². The maximum atomic E-state index is 12.7. The Labute approximate surface area is 168 Å². The van der Waals surface area contributed by atoms with Crippen LogP contribution in [0.25, 0.3) is 5.52 Å². The van der Waals surface area contributed by atoms with Crippen molar-refractivity contribution in [2.24, 2.45) is 11.8 Å². The van der Waals surface area contributed by atoms with Gasteiger partial charge in [0, 0.05) is 6.92 Å². The molecule has 3 fully saturated rings. The summed E-state index contributed by atoms with van der Waals surface area (Å²) in [6, 6.07) is 3.58. The molecular formula is C19H24ClN5O3. The number of carbonyl (C=O) groups is 2. The Morgan fingerprint density at radius 1 is 1.36 bits per heavy atom. The Morgan fingerprint density at radius 3 is 2.79 bits per heavy atom. The second-order valence-corrected chi connectivity index (χ2v) is 8.03. The van der Waals surface area contributed by atoms with Gasteiger partial charge in [-0.25, -0.2) is 4.52 Å². The second-order valence-electron chi connectivity index (χ2n) is 7.69. The van der Waals surface area contributed by atoms with Crippen LogP contribution in [-0.4, -0.2) is 38.6 Å². The van der Waals surface area contributed by atoms with Gasteiger partial charge in [-0.15, -0.1) is 5.10 Å². The largest absolute Gasteiger partial charge is 0.466 e. The molecule has 2 N–H and O–H groups in total. The summed E-state index contributed by atoms with van der Waals surface area (Å²) in [6.07, 6.45) is 4.76. The third-order valence-corrected chi connectivity index (χ3v) is 6.12. The highest BCUT2D eigenvalue weighted by Gasteiger charge is 2.52. The van der Waals surface area contributed by atoms with Crippen molar-refractivity contribution < 1.29 is 14.3 Å². The van der Waals surface area contributed by atoms with Crippen molar-refractivity contribution in [2.45, 2.75) is 51.5 Å². The number of amides is 1. The molecule has 2 bridgehead atoms. The summed E-state index contributed by atoms with van der Waals surface area (Å²) in [6.45, 7) is 3.64. The van der Waals surface area contributed by atoms with Gasteiger partial charge in [-0.1, -0.05) is 0 Å². The molecule has 0 radical (unpaired) electrons. The zero-order valence-electron chi connectivity index (χ0n) is 16.0. The Hall–Kier alpha value is -2.35. The summed E-state index contributed by atoms with van der Waals surface area (Å²) in [7, 11) is 0. The van der Waals surface area contributed by atoms with Gasteiger partial charge in [0.25, 0.3) is 0 Å². The Kier molecular flexibility index (Phi) is 4.91. The first-order valence-electron chi connectivity index (χ1n) is 9.69. The lowest BCUT2D eigenvalue weighted by Crippen LogP contribution is -2.56. The minimum atomic E-state index is -0.405. The lowest BCUT2D eigenvalue weighted by molar-refractivity contribution is -0.154. The van der Waals surface area contributed by atoms with Crippen LogP contribution in [0.1, 0.15) is 46.0 Å². The number of rotatable bonds is 5. The van der Waals surface area contributed by atoms with E-state index in [1.165, 1.54) is 6.92 Å². The molecule has 1 unspecified atom stereocenters. The maximum absolute atomic E-state index is 12.7. The van der Waals surface area contributed by atoms with E-state index in [4.69, 9.17) is 16.3 Å². The lowest BCUT2D eigenvalue weighted by atomic mass is 9.59. The molecule has 2 aromatic heterocycles. The van der Waals surface area contributed by atoms with Crippen LogP contribution in [-0.2, 0) is 14.3 Å². The number of nitrogens with zero attached hydrogens (tertiary/aromatic N) is 3. The van der Waals surface area contributed by atoms with Crippen LogP contribution >= 0.6 is 11.6 Å². The standard InChI is InChI=1S/C19H24ClN5O3/c1-3-28-17(27)13-10-12-6-8-19(13,9-7-12)23-16-14-4-5-15(21-11(2)26)25(14)24-18(20)22-16/h4-5,12-13H,3,6-10H2,1-2H3,(H,21,26)(H,22,23,24). The van der Waals surface area contributed by atoms with Gasteiger partial charge in [0.2, 0.25) is 11.2 Å². The van der Waals surface area contributed by atoms with E-state index in [0.717, 1.165) is 32.1 Å². The van der Waals surface area contributed by atoms with Crippen LogP contribution < -0.4 is 10.6 Å². The molecule has 150 valence electrons. The number of hydrogen-bond donors (Lipinski definition) is 2. The monoisotopic (exact) mass is 405 g/mol. The third kappa shape index (κ3) is 3.30. The van der Waals surface area contributed by atoms with Crippen molar-refractivity contribution >= 4 is 40.6 Å². The van der Waals surface area contributed by atoms with Gasteiger partial charge in [0.15, 0.2) is 5.82 Å². The highest BCUT2D eigenvalue weighted by Crippen LogP contribution is 2.50. The first kappa shape index (κ1) is 19.0. The highest BCUT2D eigenvalue weighted by atomic mass is 35.5. The van der Waals surface area contributed by atoms with Crippen LogP contribution in [0, 0.1) is 11.8 Å². The van der Waals surface area contributed by atoms with Crippen molar-refractivity contribution in [1.82, 2.24) is 14.6 Å². The molecule has 1 atom stereocenters. The molecular weight excluding hydrogens is 382 g/mol. The first-order valence-corrected chi connectivity index (χ1v) is 10.1. The summed E-state index contributed by atoms with van der Waals surface area (Å²) >= 11 is 6.17. The predicted octanol–water partition coefficient (Wildman–Crippen LogP) is 3.27. The van der Waals surface area contributed by atoms with E-state index in [0.29, 0.717) is 29.7 Å². The molecule has 0 aliphatic heterocycles. The topological polar surface area (TPSA) is 97.6 Å². The van der Waals surface area contributed by atoms with Crippen molar-refractivity contribution in [3.05, 3.63) is 17.4 Å². The van der Waals surface area contributed by atoms with Crippen molar-refractivity contribution in [2.75, 3.05) is 17.2 Å². The molecule has 28 heavy (non-hydrogen) atoms. The van der Waals surface area contributed by atoms with E-state index >= 15 is 0 Å². The SMILES string of the molecule is CCOC(=O)C1CC2CCC1(Nc1nc(Cl)nn3c(NC(C)=O)ccc13)CC2. The zero-order chi connectivity index (χ0) is 19.9. The summed E-state index contributed by atoms with van der Waals surface area (Å²) in [5.41, 5.74) is 0.287. The number of ether oxygens (including phenoxy) is 1. The van der Waals surface area contributed by atoms with Crippen LogP contribution in [0.4, 0.5) is 11.6 Å². The molecule has 5 rings (SSSR count). The molecule has 8 nitrogen and oxygen atoms in total. The number of nitrogens with one attached hydrogen (secondary N) is 2. The summed E-state index contributed by atoms with van der Waals surface area (Å²) in [5.74, 6) is 1.10. The lowest BCUT2D eigenvalue weighted by Gasteiger charge is -2.51. The van der Waals surface area contributed by atoms with E-state index < -0.39 is 5.54 Å². The van der Waals surface area contributed by atoms with Gasteiger partial charge in [0.1, 0.15) is 11.3 Å². The number of halogens is 1. The smallest absolute Gasteiger partial charge is 0.311 e. The number of fused-ring (bicyclic) bond motifs is 4. The molecule has 2 aromatic rings. The number of anilines is 2. The zero-order valence-corrected chi connectivity index (χ0v) is 16.8. The normalized spacial score (nSPS) is 26.2. The van der Waals surface area contributed by atoms with Crippen molar-refractivity contribution in [1.29, 1.82) is 0 Å². The predicted molar refractivity (Wildman–Crippen MR) is 105 cm³/mol. The Bertz CT molecular complexity index is 920. The van der Waals surface area contributed by atoms with Crippen molar-refractivity contribution in [3.63, 3.8) is 0 Å². The van der Waals surface area contributed by atoms with Gasteiger partial charge in [0.05, 0.1) is 18.1 Å². The fourth-order valence-corrected chi connectivity index (χ4v) is 4.85.